The van der Waals surface area contributed by atoms with Gasteiger partial charge < -0.3 is 10.1 Å². The average molecular weight is 330 g/mol. The first kappa shape index (κ1) is 16.1. The van der Waals surface area contributed by atoms with Crippen molar-refractivity contribution in [1.29, 1.82) is 10.8 Å². The Hall–Kier alpha value is -1.79. The van der Waals surface area contributed by atoms with Gasteiger partial charge in [-0.25, -0.2) is 0 Å². The zero-order valence-electron chi connectivity index (χ0n) is 13.4. The monoisotopic (exact) mass is 330 g/mol. The van der Waals surface area contributed by atoms with Crippen LogP contribution in [-0.4, -0.2) is 43.0 Å². The molecule has 1 unspecified atom stereocenters. The molecule has 0 radical (unpaired) electrons. The SMILES string of the molecule is CNC1C=C(c2cc(SC)ccc2OCC2CC2)N(C=N)C1=N. The summed E-state index contributed by atoms with van der Waals surface area (Å²) in [7, 11) is 1.82. The molecule has 1 aliphatic heterocycles. The van der Waals surface area contributed by atoms with E-state index < -0.39 is 0 Å². The van der Waals surface area contributed by atoms with Gasteiger partial charge in [-0.3, -0.25) is 15.7 Å². The smallest absolute Gasteiger partial charge is 0.128 e. The van der Waals surface area contributed by atoms with E-state index in [0.717, 1.165) is 28.5 Å². The van der Waals surface area contributed by atoms with Crippen LogP contribution in [0.25, 0.3) is 5.70 Å². The van der Waals surface area contributed by atoms with Gasteiger partial charge >= 0.3 is 0 Å². The molecular weight excluding hydrogens is 308 g/mol. The first-order valence-electron chi connectivity index (χ1n) is 7.76. The van der Waals surface area contributed by atoms with Crippen LogP contribution in [0, 0.1) is 16.7 Å². The second-order valence-corrected chi connectivity index (χ2v) is 6.70. The Morgan fingerprint density at radius 2 is 2.22 bits per heavy atom. The molecule has 1 aromatic rings. The van der Waals surface area contributed by atoms with E-state index in [1.807, 2.05) is 25.4 Å². The Bertz CT molecular complexity index is 654. The molecule has 1 aromatic carbocycles. The fraction of sp³-hybridized carbons (Fsp3) is 0.412. The minimum atomic E-state index is -0.180. The van der Waals surface area contributed by atoms with Crippen molar-refractivity contribution in [3.05, 3.63) is 29.8 Å². The molecule has 5 nitrogen and oxygen atoms in total. The molecule has 0 saturated heterocycles. The van der Waals surface area contributed by atoms with Gasteiger partial charge in [0.2, 0.25) is 0 Å². The molecule has 1 aliphatic carbocycles. The van der Waals surface area contributed by atoms with Crippen molar-refractivity contribution in [3.8, 4) is 5.75 Å². The summed E-state index contributed by atoms with van der Waals surface area (Å²) in [5, 5.41) is 19.0. The number of hydrogen-bond acceptors (Lipinski definition) is 5. The molecule has 6 heteroatoms. The normalized spacial score (nSPS) is 20.6. The standard InChI is InChI=1S/C17H22N4OS/c1-20-14-8-15(21(10-18)17(14)19)13-7-12(23-2)5-6-16(13)22-9-11-3-4-11/h5-8,10-11,14,18-20H,3-4,9H2,1-2H3. The predicted octanol–water partition coefficient (Wildman–Crippen LogP) is 3.03. The zero-order chi connectivity index (χ0) is 16.4. The first-order valence-corrected chi connectivity index (χ1v) is 8.99. The summed E-state index contributed by atoms with van der Waals surface area (Å²) < 4.78 is 6.03. The van der Waals surface area contributed by atoms with Crippen molar-refractivity contribution >= 4 is 29.6 Å². The van der Waals surface area contributed by atoms with Crippen molar-refractivity contribution < 1.29 is 4.74 Å². The number of benzene rings is 1. The van der Waals surface area contributed by atoms with E-state index in [4.69, 9.17) is 15.6 Å². The van der Waals surface area contributed by atoms with Crippen LogP contribution >= 0.6 is 11.8 Å². The van der Waals surface area contributed by atoms with Crippen LogP contribution in [0.5, 0.6) is 5.75 Å². The predicted molar refractivity (Wildman–Crippen MR) is 95.6 cm³/mol. The van der Waals surface area contributed by atoms with Gasteiger partial charge in [0, 0.05) is 10.5 Å². The third-order valence-corrected chi connectivity index (χ3v) is 4.94. The van der Waals surface area contributed by atoms with Crippen LogP contribution < -0.4 is 10.1 Å². The van der Waals surface area contributed by atoms with Crippen LogP contribution in [0.3, 0.4) is 0 Å². The van der Waals surface area contributed by atoms with Gasteiger partial charge in [0.05, 0.1) is 24.7 Å². The summed E-state index contributed by atoms with van der Waals surface area (Å²) in [6, 6.07) is 5.96. The van der Waals surface area contributed by atoms with Crippen molar-refractivity contribution in [2.75, 3.05) is 19.9 Å². The van der Waals surface area contributed by atoms with Crippen molar-refractivity contribution in [3.63, 3.8) is 0 Å². The summed E-state index contributed by atoms with van der Waals surface area (Å²) in [5.74, 6) is 1.88. The highest BCUT2D eigenvalue weighted by atomic mass is 32.2. The third kappa shape index (κ3) is 3.28. The molecule has 2 aliphatic rings. The summed E-state index contributed by atoms with van der Waals surface area (Å²) in [4.78, 5) is 2.74. The van der Waals surface area contributed by atoms with Crippen LogP contribution in [0.4, 0.5) is 0 Å². The van der Waals surface area contributed by atoms with E-state index >= 15 is 0 Å². The number of amidine groups is 1. The molecule has 1 saturated carbocycles. The lowest BCUT2D eigenvalue weighted by atomic mass is 10.1. The lowest BCUT2D eigenvalue weighted by Gasteiger charge is -2.20. The number of nitrogens with one attached hydrogen (secondary N) is 3. The molecule has 1 atom stereocenters. The molecule has 0 spiro atoms. The highest BCUT2D eigenvalue weighted by molar-refractivity contribution is 7.98. The summed E-state index contributed by atoms with van der Waals surface area (Å²) in [6.07, 6.45) is 7.72. The summed E-state index contributed by atoms with van der Waals surface area (Å²) >= 11 is 1.68. The average Bonchev–Trinajstić information content (AvgIpc) is 3.35. The Morgan fingerprint density at radius 3 is 2.83 bits per heavy atom. The van der Waals surface area contributed by atoms with E-state index in [1.54, 1.807) is 16.7 Å². The van der Waals surface area contributed by atoms with Gasteiger partial charge in [0.1, 0.15) is 11.6 Å². The van der Waals surface area contributed by atoms with E-state index in [1.165, 1.54) is 19.2 Å². The first-order chi connectivity index (χ1) is 11.2. The molecule has 0 aromatic heterocycles. The number of thioether (sulfide) groups is 1. The minimum Gasteiger partial charge on any atom is -0.493 e. The molecule has 3 N–H and O–H groups in total. The highest BCUT2D eigenvalue weighted by Crippen LogP contribution is 2.36. The summed E-state index contributed by atoms with van der Waals surface area (Å²) in [5.41, 5.74) is 1.79. The van der Waals surface area contributed by atoms with Gasteiger partial charge in [0.25, 0.3) is 0 Å². The number of rotatable bonds is 7. The number of ether oxygens (including phenoxy) is 1. The number of nitrogens with zero attached hydrogens (tertiary/aromatic N) is 1. The lowest BCUT2D eigenvalue weighted by molar-refractivity contribution is 0.298. The molecular formula is C17H22N4OS. The van der Waals surface area contributed by atoms with Crippen molar-refractivity contribution in [2.45, 2.75) is 23.8 Å². The Morgan fingerprint density at radius 1 is 1.43 bits per heavy atom. The zero-order valence-corrected chi connectivity index (χ0v) is 14.2. The van der Waals surface area contributed by atoms with E-state index in [0.29, 0.717) is 11.8 Å². The number of likely N-dealkylation sites (N-methyl/N-ethyl adjacent to an activating group) is 1. The van der Waals surface area contributed by atoms with Gasteiger partial charge in [-0.1, -0.05) is 0 Å². The maximum Gasteiger partial charge on any atom is 0.128 e. The molecule has 122 valence electrons. The van der Waals surface area contributed by atoms with Crippen molar-refractivity contribution in [2.24, 2.45) is 5.92 Å². The molecule has 1 heterocycles. The quantitative estimate of drug-likeness (QED) is 0.408. The van der Waals surface area contributed by atoms with Crippen LogP contribution in [0.2, 0.25) is 0 Å². The molecule has 0 bridgehead atoms. The lowest BCUT2D eigenvalue weighted by Crippen LogP contribution is -2.36. The maximum absolute atomic E-state index is 8.21. The van der Waals surface area contributed by atoms with Crippen molar-refractivity contribution in [1.82, 2.24) is 10.2 Å². The van der Waals surface area contributed by atoms with Crippen LogP contribution in [0.15, 0.2) is 29.2 Å². The van der Waals surface area contributed by atoms with E-state index in [2.05, 4.69) is 17.4 Å². The maximum atomic E-state index is 8.21. The Kier molecular flexibility index (Phi) is 4.73. The van der Waals surface area contributed by atoms with Gasteiger partial charge in [-0.15, -0.1) is 11.8 Å². The Balaban J connectivity index is 1.97. The second-order valence-electron chi connectivity index (χ2n) is 5.82. The van der Waals surface area contributed by atoms with Crippen LogP contribution in [-0.2, 0) is 0 Å². The van der Waals surface area contributed by atoms with Gasteiger partial charge in [-0.05, 0) is 56.3 Å². The van der Waals surface area contributed by atoms with E-state index in [-0.39, 0.29) is 6.04 Å². The summed E-state index contributed by atoms with van der Waals surface area (Å²) in [6.45, 7) is 0.746. The number of hydrogen-bond donors (Lipinski definition) is 3. The minimum absolute atomic E-state index is 0.180. The largest absolute Gasteiger partial charge is 0.493 e. The molecule has 3 rings (SSSR count). The third-order valence-electron chi connectivity index (χ3n) is 4.21. The topological polar surface area (TPSA) is 72.2 Å². The van der Waals surface area contributed by atoms with E-state index in [9.17, 15) is 0 Å². The fourth-order valence-corrected chi connectivity index (χ4v) is 3.07. The molecule has 0 amide bonds. The van der Waals surface area contributed by atoms with Crippen LogP contribution in [0.1, 0.15) is 18.4 Å². The fourth-order valence-electron chi connectivity index (χ4n) is 2.63. The van der Waals surface area contributed by atoms with Gasteiger partial charge in [0.15, 0.2) is 0 Å². The Labute approximate surface area is 141 Å². The highest BCUT2D eigenvalue weighted by Gasteiger charge is 2.30. The second kappa shape index (κ2) is 6.76. The molecule has 23 heavy (non-hydrogen) atoms. The van der Waals surface area contributed by atoms with Gasteiger partial charge in [-0.2, -0.15) is 0 Å². The molecule has 1 fully saturated rings.